The maximum absolute atomic E-state index is 12.2. The highest BCUT2D eigenvalue weighted by Gasteiger charge is 2.12. The topological polar surface area (TPSA) is 97.2 Å². The van der Waals surface area contributed by atoms with E-state index in [0.29, 0.717) is 30.3 Å². The highest BCUT2D eigenvalue weighted by atomic mass is 32.2. The van der Waals surface area contributed by atoms with Gasteiger partial charge in [-0.05, 0) is 61.9 Å². The molecule has 0 saturated carbocycles. The van der Waals surface area contributed by atoms with Gasteiger partial charge in [0.05, 0.1) is 24.3 Å². The Kier molecular flexibility index (Phi) is 6.24. The quantitative estimate of drug-likeness (QED) is 0.554. The number of rotatable bonds is 8. The Hall–Kier alpha value is -2.74. The molecule has 0 fully saturated rings. The zero-order valence-corrected chi connectivity index (χ0v) is 14.8. The minimum atomic E-state index is -3.77. The number of nitrogens with zero attached hydrogens (tertiary/aromatic N) is 1. The van der Waals surface area contributed by atoms with E-state index >= 15 is 0 Å². The van der Waals surface area contributed by atoms with Crippen LogP contribution in [0.4, 0.5) is 0 Å². The van der Waals surface area contributed by atoms with E-state index < -0.39 is 10.0 Å². The summed E-state index contributed by atoms with van der Waals surface area (Å²) in [5.74, 6) is 0.910. The van der Waals surface area contributed by atoms with Crippen LogP contribution >= 0.6 is 0 Å². The van der Waals surface area contributed by atoms with Gasteiger partial charge in [0.2, 0.25) is 0 Å². The lowest BCUT2D eigenvalue weighted by atomic mass is 10.2. The number of ether oxygens (including phenoxy) is 2. The van der Waals surface area contributed by atoms with Gasteiger partial charge >= 0.3 is 0 Å². The average molecular weight is 364 g/mol. The van der Waals surface area contributed by atoms with Crippen LogP contribution in [0, 0.1) is 0 Å². The minimum absolute atomic E-state index is 0.00830. The third-order valence-corrected chi connectivity index (χ3v) is 4.35. The van der Waals surface area contributed by atoms with Crippen molar-refractivity contribution >= 4 is 16.2 Å². The lowest BCUT2D eigenvalue weighted by molar-refractivity contribution is 0.318. The van der Waals surface area contributed by atoms with E-state index in [2.05, 4.69) is 9.93 Å². The fraction of sp³-hybridized carbons (Fsp3) is 0.235. The van der Waals surface area contributed by atoms with Crippen molar-refractivity contribution in [3.63, 3.8) is 0 Å². The summed E-state index contributed by atoms with van der Waals surface area (Å²) in [7, 11) is -3.77. The second-order valence-corrected chi connectivity index (χ2v) is 6.58. The second-order valence-electron chi connectivity index (χ2n) is 4.92. The van der Waals surface area contributed by atoms with Crippen LogP contribution in [0.1, 0.15) is 19.4 Å². The van der Waals surface area contributed by atoms with Crippen molar-refractivity contribution in [3.8, 4) is 17.2 Å². The molecular formula is C17H20N2O5S. The van der Waals surface area contributed by atoms with Crippen molar-refractivity contribution < 1.29 is 23.0 Å². The van der Waals surface area contributed by atoms with E-state index in [1.807, 2.05) is 6.92 Å². The molecule has 7 nitrogen and oxygen atoms in total. The molecule has 0 amide bonds. The number of sulfonamides is 1. The van der Waals surface area contributed by atoms with Crippen molar-refractivity contribution in [1.29, 1.82) is 0 Å². The summed E-state index contributed by atoms with van der Waals surface area (Å²) >= 11 is 0. The van der Waals surface area contributed by atoms with Gasteiger partial charge in [0, 0.05) is 0 Å². The van der Waals surface area contributed by atoms with Gasteiger partial charge in [-0.2, -0.15) is 13.5 Å². The summed E-state index contributed by atoms with van der Waals surface area (Å²) in [4.78, 5) is 2.22. The third kappa shape index (κ3) is 5.12. The zero-order valence-electron chi connectivity index (χ0n) is 14.0. The van der Waals surface area contributed by atoms with Crippen LogP contribution in [0.15, 0.2) is 52.5 Å². The number of phenols is 1. The molecule has 2 aromatic carbocycles. The summed E-state index contributed by atoms with van der Waals surface area (Å²) in [5, 5.41) is 13.4. The van der Waals surface area contributed by atoms with Crippen LogP contribution in [-0.2, 0) is 10.0 Å². The number of hydrazone groups is 1. The SMILES string of the molecule is CCOc1ccc(S(=O)(=O)NN=Cc2ccc(O)c(OCC)c2)cc1. The highest BCUT2D eigenvalue weighted by Crippen LogP contribution is 2.26. The van der Waals surface area contributed by atoms with Gasteiger partial charge in [0.1, 0.15) is 5.75 Å². The van der Waals surface area contributed by atoms with Crippen LogP contribution in [0.3, 0.4) is 0 Å². The highest BCUT2D eigenvalue weighted by molar-refractivity contribution is 7.89. The molecule has 0 aliphatic carbocycles. The molecule has 0 aliphatic heterocycles. The molecule has 134 valence electrons. The monoisotopic (exact) mass is 364 g/mol. The van der Waals surface area contributed by atoms with E-state index in [1.165, 1.54) is 24.4 Å². The summed E-state index contributed by atoms with van der Waals surface area (Å²) < 4.78 is 34.9. The van der Waals surface area contributed by atoms with E-state index in [1.54, 1.807) is 31.2 Å². The summed E-state index contributed by atoms with van der Waals surface area (Å²) in [6.07, 6.45) is 1.33. The van der Waals surface area contributed by atoms with Crippen LogP contribution in [-0.4, -0.2) is 33.0 Å². The Bertz CT molecular complexity index is 833. The molecule has 0 bridgehead atoms. The van der Waals surface area contributed by atoms with Crippen molar-refractivity contribution in [3.05, 3.63) is 48.0 Å². The van der Waals surface area contributed by atoms with E-state index in [0.717, 1.165) is 0 Å². The van der Waals surface area contributed by atoms with Gasteiger partial charge in [-0.15, -0.1) is 0 Å². The first-order chi connectivity index (χ1) is 12.0. The lowest BCUT2D eigenvalue weighted by Gasteiger charge is -2.07. The molecule has 8 heteroatoms. The predicted octanol–water partition coefficient (Wildman–Crippen LogP) is 2.50. The van der Waals surface area contributed by atoms with Crippen LogP contribution in [0.25, 0.3) is 0 Å². The minimum Gasteiger partial charge on any atom is -0.504 e. The number of nitrogens with one attached hydrogen (secondary N) is 1. The molecule has 2 N–H and O–H groups in total. The Balaban J connectivity index is 2.08. The summed E-state index contributed by atoms with van der Waals surface area (Å²) in [5.41, 5.74) is 0.579. The van der Waals surface area contributed by atoms with Crippen molar-refractivity contribution in [2.75, 3.05) is 13.2 Å². The molecule has 2 aromatic rings. The van der Waals surface area contributed by atoms with Crippen LogP contribution in [0.5, 0.6) is 17.2 Å². The molecule has 25 heavy (non-hydrogen) atoms. The molecule has 2 rings (SSSR count). The molecule has 0 aliphatic rings. The molecule has 0 unspecified atom stereocenters. The molecule has 0 saturated heterocycles. The maximum Gasteiger partial charge on any atom is 0.276 e. The van der Waals surface area contributed by atoms with Gasteiger partial charge in [-0.1, -0.05) is 0 Å². The Morgan fingerprint density at radius 2 is 1.76 bits per heavy atom. The van der Waals surface area contributed by atoms with Gasteiger partial charge in [0.15, 0.2) is 11.5 Å². The molecule has 0 atom stereocenters. The first kappa shape index (κ1) is 18.6. The van der Waals surface area contributed by atoms with Crippen LogP contribution < -0.4 is 14.3 Å². The Morgan fingerprint density at radius 1 is 1.08 bits per heavy atom. The zero-order chi connectivity index (χ0) is 18.3. The number of hydrogen-bond donors (Lipinski definition) is 2. The van der Waals surface area contributed by atoms with Crippen molar-refractivity contribution in [1.82, 2.24) is 4.83 Å². The second kappa shape index (κ2) is 8.39. The fourth-order valence-corrected chi connectivity index (χ4v) is 2.78. The Morgan fingerprint density at radius 3 is 2.40 bits per heavy atom. The first-order valence-corrected chi connectivity index (χ1v) is 9.18. The van der Waals surface area contributed by atoms with Crippen molar-refractivity contribution in [2.24, 2.45) is 5.10 Å². The summed E-state index contributed by atoms with van der Waals surface area (Å²) in [6, 6.07) is 10.6. The number of phenolic OH excluding ortho intramolecular Hbond substituents is 1. The maximum atomic E-state index is 12.2. The Labute approximate surface area is 147 Å². The number of aromatic hydroxyl groups is 1. The lowest BCUT2D eigenvalue weighted by Crippen LogP contribution is -2.18. The van der Waals surface area contributed by atoms with E-state index in [4.69, 9.17) is 9.47 Å². The molecule has 0 heterocycles. The van der Waals surface area contributed by atoms with Crippen molar-refractivity contribution in [2.45, 2.75) is 18.7 Å². The normalized spacial score (nSPS) is 11.4. The third-order valence-electron chi connectivity index (χ3n) is 3.12. The fourth-order valence-electron chi connectivity index (χ4n) is 1.99. The van der Waals surface area contributed by atoms with Gasteiger partial charge in [-0.3, -0.25) is 0 Å². The number of benzene rings is 2. The smallest absolute Gasteiger partial charge is 0.276 e. The van der Waals surface area contributed by atoms with E-state index in [-0.39, 0.29) is 10.6 Å². The van der Waals surface area contributed by atoms with Gasteiger partial charge < -0.3 is 14.6 Å². The van der Waals surface area contributed by atoms with Gasteiger partial charge in [0.25, 0.3) is 10.0 Å². The summed E-state index contributed by atoms with van der Waals surface area (Å²) in [6.45, 7) is 4.55. The van der Waals surface area contributed by atoms with Gasteiger partial charge in [-0.25, -0.2) is 4.83 Å². The molecule has 0 spiro atoms. The first-order valence-electron chi connectivity index (χ1n) is 7.69. The molecular weight excluding hydrogens is 344 g/mol. The standard InChI is InChI=1S/C17H20N2O5S/c1-3-23-14-6-8-15(9-7-14)25(21,22)19-18-12-13-5-10-16(20)17(11-13)24-4-2/h5-12,19-20H,3-4H2,1-2H3. The number of hydrogen-bond acceptors (Lipinski definition) is 6. The molecule has 0 radical (unpaired) electrons. The predicted molar refractivity (Wildman–Crippen MR) is 94.8 cm³/mol. The largest absolute Gasteiger partial charge is 0.504 e. The van der Waals surface area contributed by atoms with E-state index in [9.17, 15) is 13.5 Å². The molecule has 0 aromatic heterocycles. The average Bonchev–Trinajstić information content (AvgIpc) is 2.59. The van der Waals surface area contributed by atoms with Crippen LogP contribution in [0.2, 0.25) is 0 Å².